The Morgan fingerprint density at radius 2 is 1.84 bits per heavy atom. The standard InChI is InChI=1S/C28H38O9/c1-10-12(9-35-25(10)33)5-15(29)11(2)20-16(30)6-13-19-14(7-18(31)26(13,20)3)27(4)23(32)21-17(36-21)8-28(27,34)24-22(19)37-24/h11,13-15,17-24,29,31-32,34H,5-9H2,1-4H3/t11-,13+,14+,15-,17+,18+,19+,20?,21+,22+,23+,24+,26-,27+,28+/m1/s1. The van der Waals surface area contributed by atoms with E-state index in [0.717, 1.165) is 5.57 Å². The van der Waals surface area contributed by atoms with Crippen molar-refractivity contribution in [3.8, 4) is 0 Å². The van der Waals surface area contributed by atoms with Crippen LogP contribution in [0.3, 0.4) is 0 Å². The van der Waals surface area contributed by atoms with Crippen LogP contribution in [0.1, 0.15) is 53.4 Å². The summed E-state index contributed by atoms with van der Waals surface area (Å²) in [7, 11) is 0. The first-order valence-electron chi connectivity index (χ1n) is 13.8. The number of ether oxygens (including phenoxy) is 3. The zero-order valence-corrected chi connectivity index (χ0v) is 21.8. The monoisotopic (exact) mass is 518 g/mol. The zero-order chi connectivity index (χ0) is 26.4. The highest BCUT2D eigenvalue weighted by Crippen LogP contribution is 2.73. The minimum atomic E-state index is -1.23. The van der Waals surface area contributed by atoms with E-state index >= 15 is 0 Å². The average molecular weight is 519 g/mol. The lowest BCUT2D eigenvalue weighted by molar-refractivity contribution is -0.242. The number of epoxide rings is 2. The molecule has 3 heterocycles. The van der Waals surface area contributed by atoms with E-state index in [1.807, 2.05) is 20.8 Å². The highest BCUT2D eigenvalue weighted by atomic mass is 16.6. The van der Waals surface area contributed by atoms with Crippen LogP contribution in [0.25, 0.3) is 0 Å². The molecule has 0 radical (unpaired) electrons. The number of carbonyl (C=O) groups is 2. The Morgan fingerprint density at radius 1 is 1.11 bits per heavy atom. The summed E-state index contributed by atoms with van der Waals surface area (Å²) >= 11 is 0. The summed E-state index contributed by atoms with van der Waals surface area (Å²) in [6.07, 6.45) is -2.38. The number of hydrogen-bond donors (Lipinski definition) is 4. The number of fused-ring (bicyclic) bond motifs is 9. The van der Waals surface area contributed by atoms with E-state index in [1.165, 1.54) is 0 Å². The van der Waals surface area contributed by atoms with E-state index in [9.17, 15) is 30.0 Å². The maximum Gasteiger partial charge on any atom is 0.334 e. The maximum absolute atomic E-state index is 13.7. The normalized spacial score (nSPS) is 57.0. The number of aliphatic hydroxyl groups is 4. The van der Waals surface area contributed by atoms with Crippen molar-refractivity contribution in [2.24, 2.45) is 40.4 Å². The van der Waals surface area contributed by atoms with Crippen LogP contribution in [0.4, 0.5) is 0 Å². The average Bonchev–Trinajstić information content (AvgIpc) is 3.75. The van der Waals surface area contributed by atoms with Crippen LogP contribution in [0.2, 0.25) is 0 Å². The van der Waals surface area contributed by atoms with Gasteiger partial charge in [-0.05, 0) is 49.0 Å². The molecule has 204 valence electrons. The minimum absolute atomic E-state index is 0.0289. The first kappa shape index (κ1) is 24.7. The van der Waals surface area contributed by atoms with Crippen LogP contribution in [0, 0.1) is 40.4 Å². The predicted molar refractivity (Wildman–Crippen MR) is 127 cm³/mol. The van der Waals surface area contributed by atoms with Crippen molar-refractivity contribution in [1.82, 2.24) is 0 Å². The van der Waals surface area contributed by atoms with E-state index in [2.05, 4.69) is 0 Å². The van der Waals surface area contributed by atoms with Gasteiger partial charge in [0.15, 0.2) is 0 Å². The third kappa shape index (κ3) is 2.86. The van der Waals surface area contributed by atoms with Gasteiger partial charge in [-0.3, -0.25) is 4.79 Å². The molecule has 7 rings (SSSR count). The van der Waals surface area contributed by atoms with Gasteiger partial charge in [0.1, 0.15) is 30.2 Å². The molecule has 1 unspecified atom stereocenters. The fraction of sp³-hybridized carbons (Fsp3) is 0.857. The second-order valence-electron chi connectivity index (χ2n) is 13.5. The Morgan fingerprint density at radius 3 is 2.51 bits per heavy atom. The van der Waals surface area contributed by atoms with Crippen LogP contribution >= 0.6 is 0 Å². The lowest BCUT2D eigenvalue weighted by Crippen LogP contribution is -2.72. The van der Waals surface area contributed by atoms with Crippen molar-refractivity contribution < 1.29 is 44.2 Å². The van der Waals surface area contributed by atoms with Crippen LogP contribution < -0.4 is 0 Å². The minimum Gasteiger partial charge on any atom is -0.458 e. The number of aliphatic hydroxyl groups excluding tert-OH is 3. The van der Waals surface area contributed by atoms with Gasteiger partial charge in [0, 0.05) is 35.2 Å². The SMILES string of the molecule is CC1=C(C[C@@H](O)[C@@H](C)C2C(=O)C[C@H]3[C@@H]4[C@@H]5O[C@@H]5[C@@]5(O)C[C@@H]6O[C@@H]6[C@H](O)[C@]5(C)[C@H]4C[C@H](O)[C@]23C)COC1=O. The first-order valence-corrected chi connectivity index (χ1v) is 13.8. The molecule has 7 aliphatic rings. The first-order chi connectivity index (χ1) is 17.4. The van der Waals surface area contributed by atoms with Crippen molar-refractivity contribution in [3.63, 3.8) is 0 Å². The molecular weight excluding hydrogens is 480 g/mol. The molecule has 4 aliphatic carbocycles. The summed E-state index contributed by atoms with van der Waals surface area (Å²) in [5.74, 6) is -1.83. The van der Waals surface area contributed by atoms with Crippen molar-refractivity contribution >= 4 is 11.8 Å². The maximum atomic E-state index is 13.7. The summed E-state index contributed by atoms with van der Waals surface area (Å²) in [6.45, 7) is 7.61. The van der Waals surface area contributed by atoms with Crippen molar-refractivity contribution in [2.75, 3.05) is 6.61 Å². The highest BCUT2D eigenvalue weighted by Gasteiger charge is 2.82. The second-order valence-corrected chi connectivity index (χ2v) is 13.5. The Balaban J connectivity index is 1.21. The molecule has 2 saturated heterocycles. The fourth-order valence-electron chi connectivity index (χ4n) is 9.91. The number of esters is 1. The number of rotatable bonds is 4. The summed E-state index contributed by atoms with van der Waals surface area (Å²) in [5.41, 5.74) is -1.66. The molecule has 9 heteroatoms. The van der Waals surface area contributed by atoms with Crippen LogP contribution in [0.5, 0.6) is 0 Å². The number of carbonyl (C=O) groups excluding carboxylic acids is 2. The van der Waals surface area contributed by atoms with Gasteiger partial charge in [0.05, 0.1) is 30.5 Å². The fourth-order valence-corrected chi connectivity index (χ4v) is 9.91. The van der Waals surface area contributed by atoms with Gasteiger partial charge in [-0.15, -0.1) is 0 Å². The lowest BCUT2D eigenvalue weighted by atomic mass is 9.42. The number of ketones is 1. The Kier molecular flexibility index (Phi) is 4.95. The van der Waals surface area contributed by atoms with Gasteiger partial charge in [-0.1, -0.05) is 20.8 Å². The molecule has 3 aliphatic heterocycles. The molecule has 0 aromatic rings. The van der Waals surface area contributed by atoms with Gasteiger partial charge >= 0.3 is 5.97 Å². The number of Topliss-reactive ketones (excluding diaryl/α,β-unsaturated/α-hetero) is 1. The Hall–Kier alpha value is -1.36. The molecule has 0 aromatic carbocycles. The highest BCUT2D eigenvalue weighted by molar-refractivity contribution is 5.91. The molecule has 0 aromatic heterocycles. The van der Waals surface area contributed by atoms with Gasteiger partial charge in [0.25, 0.3) is 0 Å². The summed E-state index contributed by atoms with van der Waals surface area (Å²) in [6, 6.07) is 0. The van der Waals surface area contributed by atoms with Crippen LogP contribution in [-0.4, -0.2) is 87.1 Å². The summed E-state index contributed by atoms with van der Waals surface area (Å²) < 4.78 is 17.0. The molecule has 4 N–H and O–H groups in total. The largest absolute Gasteiger partial charge is 0.458 e. The van der Waals surface area contributed by atoms with Crippen molar-refractivity contribution in [1.29, 1.82) is 0 Å². The molecule has 4 saturated carbocycles. The quantitative estimate of drug-likeness (QED) is 0.308. The molecule has 15 atom stereocenters. The summed E-state index contributed by atoms with van der Waals surface area (Å²) in [4.78, 5) is 25.4. The van der Waals surface area contributed by atoms with Crippen LogP contribution in [-0.2, 0) is 23.8 Å². The van der Waals surface area contributed by atoms with Crippen molar-refractivity contribution in [3.05, 3.63) is 11.1 Å². The molecule has 0 spiro atoms. The molecule has 0 amide bonds. The lowest BCUT2D eigenvalue weighted by Gasteiger charge is -2.63. The Bertz CT molecular complexity index is 1100. The third-order valence-electron chi connectivity index (χ3n) is 12.3. The van der Waals surface area contributed by atoms with Crippen LogP contribution in [0.15, 0.2) is 11.1 Å². The van der Waals surface area contributed by atoms with E-state index in [1.54, 1.807) is 6.92 Å². The van der Waals surface area contributed by atoms with Gasteiger partial charge in [-0.2, -0.15) is 0 Å². The van der Waals surface area contributed by atoms with E-state index < -0.39 is 52.7 Å². The molecule has 9 nitrogen and oxygen atoms in total. The van der Waals surface area contributed by atoms with Crippen molar-refractivity contribution in [2.45, 2.75) is 102 Å². The molecular formula is C28H38O9. The van der Waals surface area contributed by atoms with Gasteiger partial charge in [0.2, 0.25) is 0 Å². The second kappa shape index (κ2) is 7.43. The van der Waals surface area contributed by atoms with E-state index in [4.69, 9.17) is 14.2 Å². The third-order valence-corrected chi connectivity index (χ3v) is 12.3. The molecule has 37 heavy (non-hydrogen) atoms. The van der Waals surface area contributed by atoms with E-state index in [0.29, 0.717) is 18.4 Å². The van der Waals surface area contributed by atoms with E-state index in [-0.39, 0.29) is 67.3 Å². The van der Waals surface area contributed by atoms with Gasteiger partial charge < -0.3 is 34.6 Å². The van der Waals surface area contributed by atoms with Gasteiger partial charge in [-0.25, -0.2) is 4.79 Å². The number of cyclic esters (lactones) is 1. The molecule has 6 fully saturated rings. The number of hydrogen-bond acceptors (Lipinski definition) is 9. The summed E-state index contributed by atoms with van der Waals surface area (Å²) in [5, 5.41) is 46.3. The topological polar surface area (TPSA) is 149 Å². The predicted octanol–water partition coefficient (Wildman–Crippen LogP) is 0.506. The Labute approximate surface area is 216 Å². The molecule has 0 bridgehead atoms. The zero-order valence-electron chi connectivity index (χ0n) is 21.8. The smallest absolute Gasteiger partial charge is 0.334 e.